The Labute approximate surface area is 336 Å². The second kappa shape index (κ2) is 14.7. The van der Waals surface area contributed by atoms with Crippen LogP contribution in [0.4, 0.5) is 0 Å². The minimum absolute atomic E-state index is 0.0299. The van der Waals surface area contributed by atoms with E-state index in [1.165, 1.54) is 22.3 Å². The molecular weight excluding hydrogens is 763 g/mol. The third kappa shape index (κ3) is 7.45. The Morgan fingerprint density at radius 2 is 1.82 bits per heavy atom. The molecule has 2 aliphatic heterocycles. The van der Waals surface area contributed by atoms with Crippen molar-refractivity contribution in [3.63, 3.8) is 0 Å². The molecule has 57 heavy (non-hydrogen) atoms. The Morgan fingerprint density at radius 1 is 1.07 bits per heavy atom. The number of carbonyl (C=O) groups excluding carboxylic acids is 4. The fraction of sp³-hybridized carbons (Fsp3) is 0.419. The zero-order chi connectivity index (χ0) is 40.3. The van der Waals surface area contributed by atoms with E-state index in [0.29, 0.717) is 29.9 Å². The van der Waals surface area contributed by atoms with Crippen molar-refractivity contribution in [2.75, 3.05) is 6.54 Å². The van der Waals surface area contributed by atoms with Gasteiger partial charge in [-0.3, -0.25) is 23.9 Å². The highest BCUT2D eigenvalue weighted by Gasteiger charge is 2.62. The summed E-state index contributed by atoms with van der Waals surface area (Å²) in [5.41, 5.74) is 4.07. The first-order chi connectivity index (χ1) is 27.2. The number of aryl methyl sites for hydroxylation is 1. The summed E-state index contributed by atoms with van der Waals surface area (Å²) in [6.07, 6.45) is 8.41. The smallest absolute Gasteiger partial charge is 0.262 e. The molecule has 298 valence electrons. The van der Waals surface area contributed by atoms with Crippen LogP contribution in [0.15, 0.2) is 77.8 Å². The topological polar surface area (TPSA) is 163 Å². The molecule has 3 aliphatic carbocycles. The highest BCUT2D eigenvalue weighted by Crippen LogP contribution is 2.46. The number of allylic oxidation sites excluding steroid dienone is 1. The Balaban J connectivity index is 1.16. The van der Waals surface area contributed by atoms with Crippen LogP contribution in [0.25, 0.3) is 17.2 Å². The molecule has 5 atom stereocenters. The number of fused-ring (bicyclic) bond motifs is 7. The summed E-state index contributed by atoms with van der Waals surface area (Å²) in [7, 11) is -3.90. The lowest BCUT2D eigenvalue weighted by atomic mass is 9.85. The standard InChI is InChI=1S/C43H47N5O7S2/c1-5-27-23-43(27,41(52)47-57(53,54)29-16-17-29)45-38(49)34-22-28-24-48(34)40(51)37(42(2,3)4)44-39(50)36-26(19-20-56-36)12-8-6-7-11-25-15-18-31-30-13-9-10-14-32(30)35(46-55-28)33(31)21-25/h5,7,9-11,13-15,18-21,27-29,34,37H,1,6,8,12,16-17,22-24H2,2-4H3,(H,44,50)(H,45,49)(H,47,52)/b11-7+,46-35?/t27-,28-,34+,37-,43-/m1/s1. The van der Waals surface area contributed by atoms with Crippen molar-refractivity contribution < 1.29 is 32.4 Å². The van der Waals surface area contributed by atoms with Crippen molar-refractivity contribution >= 4 is 56.8 Å². The van der Waals surface area contributed by atoms with Crippen molar-refractivity contribution in [1.82, 2.24) is 20.3 Å². The number of hydrogen-bond acceptors (Lipinski definition) is 9. The number of thiophene rings is 1. The van der Waals surface area contributed by atoms with Gasteiger partial charge in [-0.05, 0) is 83.7 Å². The van der Waals surface area contributed by atoms with Gasteiger partial charge in [0.15, 0.2) is 0 Å². The molecule has 2 aromatic carbocycles. The molecule has 4 bridgehead atoms. The van der Waals surface area contributed by atoms with Crippen molar-refractivity contribution in [1.29, 1.82) is 0 Å². The van der Waals surface area contributed by atoms with Gasteiger partial charge in [0.05, 0.1) is 16.7 Å². The maximum Gasteiger partial charge on any atom is 0.262 e. The van der Waals surface area contributed by atoms with Gasteiger partial charge in [-0.15, -0.1) is 17.9 Å². The first-order valence-electron chi connectivity index (χ1n) is 19.5. The largest absolute Gasteiger partial charge is 0.390 e. The zero-order valence-corrected chi connectivity index (χ0v) is 33.9. The van der Waals surface area contributed by atoms with Crippen LogP contribution in [-0.4, -0.2) is 78.2 Å². The summed E-state index contributed by atoms with van der Waals surface area (Å²) < 4.78 is 27.8. The van der Waals surface area contributed by atoms with Gasteiger partial charge in [0.1, 0.15) is 29.4 Å². The van der Waals surface area contributed by atoms with Crippen LogP contribution in [-0.2, 0) is 35.7 Å². The Hall–Kier alpha value is -5.08. The second-order valence-corrected chi connectivity index (χ2v) is 19.7. The fourth-order valence-electron chi connectivity index (χ4n) is 8.15. The van der Waals surface area contributed by atoms with E-state index in [-0.39, 0.29) is 25.3 Å². The summed E-state index contributed by atoms with van der Waals surface area (Å²) in [5, 5.41) is 11.8. The lowest BCUT2D eigenvalue weighted by molar-refractivity contribution is -0.142. The molecule has 8 rings (SSSR count). The van der Waals surface area contributed by atoms with Crippen LogP contribution in [0.1, 0.15) is 91.2 Å². The molecule has 0 spiro atoms. The molecule has 12 nitrogen and oxygen atoms in total. The fourth-order valence-corrected chi connectivity index (χ4v) is 10.4. The summed E-state index contributed by atoms with van der Waals surface area (Å²) in [4.78, 5) is 65.0. The first-order valence-corrected chi connectivity index (χ1v) is 22.0. The van der Waals surface area contributed by atoms with Crippen molar-refractivity contribution in [2.24, 2.45) is 16.5 Å². The number of benzene rings is 2. The molecule has 3 aromatic rings. The SMILES string of the molecule is C=C[C@@H]1C[C@]1(NC(=O)[C@@H]1C[C@@H]2CN1C(=O)[C@H](C(C)(C)C)NC(=O)c1sccc1CCC/C=C/c1ccc3c(c1)C(=NO2)c1ccccc1-3)C(=O)NS(=O)(=O)C1CC1. The Kier molecular flexibility index (Phi) is 10.00. The monoisotopic (exact) mass is 809 g/mol. The van der Waals surface area contributed by atoms with Crippen LogP contribution in [0.3, 0.4) is 0 Å². The van der Waals surface area contributed by atoms with E-state index in [0.717, 1.165) is 46.2 Å². The van der Waals surface area contributed by atoms with Gasteiger partial charge in [0, 0.05) is 23.5 Å². The van der Waals surface area contributed by atoms with Gasteiger partial charge < -0.3 is 20.4 Å². The number of carbonyl (C=O) groups is 4. The molecule has 0 unspecified atom stereocenters. The highest BCUT2D eigenvalue weighted by molar-refractivity contribution is 7.91. The van der Waals surface area contributed by atoms with Crippen LogP contribution in [0, 0.1) is 11.3 Å². The molecule has 14 heteroatoms. The van der Waals surface area contributed by atoms with Gasteiger partial charge in [0.2, 0.25) is 21.8 Å². The molecular formula is C43H47N5O7S2. The molecule has 3 heterocycles. The minimum atomic E-state index is -3.90. The molecule has 4 amide bonds. The van der Waals surface area contributed by atoms with Gasteiger partial charge in [-0.1, -0.05) is 80.6 Å². The number of hydrogen-bond donors (Lipinski definition) is 3. The van der Waals surface area contributed by atoms with Crippen molar-refractivity contribution in [2.45, 2.75) is 94.7 Å². The third-order valence-corrected chi connectivity index (χ3v) is 14.4. The normalized spacial score (nSPS) is 26.5. The highest BCUT2D eigenvalue weighted by atomic mass is 32.2. The summed E-state index contributed by atoms with van der Waals surface area (Å²) in [6, 6.07) is 14.0. The van der Waals surface area contributed by atoms with E-state index in [1.807, 2.05) is 56.5 Å². The molecule has 0 radical (unpaired) electrons. The van der Waals surface area contributed by atoms with Gasteiger partial charge in [0.25, 0.3) is 11.8 Å². The molecule has 2 saturated carbocycles. The summed E-state index contributed by atoms with van der Waals surface area (Å²) >= 11 is 1.32. The van der Waals surface area contributed by atoms with Crippen LogP contribution in [0.2, 0.25) is 0 Å². The number of nitrogens with zero attached hydrogens (tertiary/aromatic N) is 2. The molecule has 3 fully saturated rings. The maximum absolute atomic E-state index is 14.8. The third-order valence-electron chi connectivity index (χ3n) is 11.6. The number of oxime groups is 1. The quantitative estimate of drug-likeness (QED) is 0.222. The summed E-state index contributed by atoms with van der Waals surface area (Å²) in [6.45, 7) is 9.33. The molecule has 1 saturated heterocycles. The predicted molar refractivity (Wildman–Crippen MR) is 219 cm³/mol. The molecule has 3 N–H and O–H groups in total. The summed E-state index contributed by atoms with van der Waals surface area (Å²) in [5.74, 6) is -2.84. The van der Waals surface area contributed by atoms with E-state index in [9.17, 15) is 27.6 Å². The van der Waals surface area contributed by atoms with Gasteiger partial charge >= 0.3 is 0 Å². The lowest BCUT2D eigenvalue weighted by Crippen LogP contribution is -2.60. The Bertz CT molecular complexity index is 2340. The van der Waals surface area contributed by atoms with Crippen molar-refractivity contribution in [3.05, 3.63) is 99.8 Å². The predicted octanol–water partition coefficient (Wildman–Crippen LogP) is 5.33. The van der Waals surface area contributed by atoms with Crippen LogP contribution >= 0.6 is 11.3 Å². The van der Waals surface area contributed by atoms with Gasteiger partial charge in [-0.2, -0.15) is 0 Å². The van der Waals surface area contributed by atoms with E-state index >= 15 is 0 Å². The minimum Gasteiger partial charge on any atom is -0.390 e. The van der Waals surface area contributed by atoms with E-state index in [2.05, 4.69) is 52.3 Å². The number of rotatable bonds is 6. The zero-order valence-electron chi connectivity index (χ0n) is 32.2. The lowest BCUT2D eigenvalue weighted by Gasteiger charge is -2.35. The van der Waals surface area contributed by atoms with Crippen molar-refractivity contribution in [3.8, 4) is 11.1 Å². The molecule has 5 aliphatic rings. The van der Waals surface area contributed by atoms with Crippen LogP contribution < -0.4 is 15.4 Å². The maximum atomic E-state index is 14.8. The number of amides is 4. The average Bonchev–Trinajstić information content (AvgIpc) is 4.02. The number of nitrogens with one attached hydrogen (secondary N) is 3. The average molecular weight is 810 g/mol. The Morgan fingerprint density at radius 3 is 2.54 bits per heavy atom. The molecule has 1 aromatic heterocycles. The van der Waals surface area contributed by atoms with Gasteiger partial charge in [-0.25, -0.2) is 8.42 Å². The first kappa shape index (κ1) is 38.8. The van der Waals surface area contributed by atoms with Crippen LogP contribution in [0.5, 0.6) is 0 Å². The van der Waals surface area contributed by atoms with E-state index in [4.69, 9.17) is 9.99 Å². The van der Waals surface area contributed by atoms with E-state index in [1.54, 1.807) is 0 Å². The number of sulfonamides is 1. The van der Waals surface area contributed by atoms with E-state index < -0.39 is 68.1 Å². The second-order valence-electron chi connectivity index (χ2n) is 16.8.